The molecule has 3 rings (SSSR count). The van der Waals surface area contributed by atoms with Crippen molar-refractivity contribution in [3.05, 3.63) is 95.6 Å². The summed E-state index contributed by atoms with van der Waals surface area (Å²) in [6.07, 6.45) is 3.47. The quantitative estimate of drug-likeness (QED) is 0.278. The number of amides is 2. The van der Waals surface area contributed by atoms with Gasteiger partial charge < -0.3 is 20.3 Å². The van der Waals surface area contributed by atoms with E-state index in [1.807, 2.05) is 55.5 Å². The van der Waals surface area contributed by atoms with Gasteiger partial charge in [-0.3, -0.25) is 14.6 Å². The topological polar surface area (TPSA) is 83.6 Å². The number of carbonyl (C=O) groups is 2. The minimum Gasteiger partial charge on any atom is -0.487 e. The molecule has 1 aromatic heterocycles. The minimum atomic E-state index is -0.281. The third-order valence-corrected chi connectivity index (χ3v) is 4.99. The number of aromatic nitrogens is 1. The van der Waals surface area contributed by atoms with E-state index in [9.17, 15) is 14.0 Å². The van der Waals surface area contributed by atoms with Crippen LogP contribution in [0.1, 0.15) is 30.2 Å². The van der Waals surface area contributed by atoms with Crippen molar-refractivity contribution in [1.82, 2.24) is 20.5 Å². The summed E-state index contributed by atoms with van der Waals surface area (Å²) in [6, 6.07) is 20.2. The normalized spacial score (nSPS) is 10.1. The van der Waals surface area contributed by atoms with Crippen molar-refractivity contribution >= 4 is 12.3 Å². The fraction of sp³-hybridized carbons (Fsp3) is 0.321. The number of aryl methyl sites for hydroxylation is 1. The molecule has 0 bridgehead atoms. The Hall–Kier alpha value is -3.78. The molecule has 1 heterocycles. The highest BCUT2D eigenvalue weighted by Crippen LogP contribution is 2.16. The monoisotopic (exact) mass is 494 g/mol. The molecular formula is C28H35FN4O3. The molecule has 8 heteroatoms. The average molecular weight is 495 g/mol. The van der Waals surface area contributed by atoms with Gasteiger partial charge in [-0.15, -0.1) is 0 Å². The number of halogens is 1. The molecule has 2 amide bonds. The van der Waals surface area contributed by atoms with Crippen molar-refractivity contribution in [1.29, 1.82) is 0 Å². The summed E-state index contributed by atoms with van der Waals surface area (Å²) in [4.78, 5) is 27.5. The lowest BCUT2D eigenvalue weighted by Crippen LogP contribution is -2.32. The summed E-state index contributed by atoms with van der Waals surface area (Å²) in [5, 5.41) is 6.00. The first-order chi connectivity index (χ1) is 17.5. The Morgan fingerprint density at radius 1 is 1.06 bits per heavy atom. The largest absolute Gasteiger partial charge is 0.487 e. The first-order valence-electron chi connectivity index (χ1n) is 11.9. The van der Waals surface area contributed by atoms with E-state index in [2.05, 4.69) is 15.6 Å². The maximum absolute atomic E-state index is 13.1. The molecule has 0 saturated heterocycles. The van der Waals surface area contributed by atoms with E-state index >= 15 is 0 Å². The third kappa shape index (κ3) is 12.6. The molecule has 7 nitrogen and oxygen atoms in total. The Morgan fingerprint density at radius 2 is 1.83 bits per heavy atom. The van der Waals surface area contributed by atoms with Gasteiger partial charge in [0, 0.05) is 45.4 Å². The van der Waals surface area contributed by atoms with Crippen LogP contribution < -0.4 is 15.4 Å². The van der Waals surface area contributed by atoms with Crippen LogP contribution in [0.2, 0.25) is 0 Å². The molecule has 0 aliphatic rings. The van der Waals surface area contributed by atoms with Crippen molar-refractivity contribution in [3.63, 3.8) is 0 Å². The molecule has 0 spiro atoms. The Kier molecular flexibility index (Phi) is 13.3. The molecule has 0 aliphatic carbocycles. The smallest absolute Gasteiger partial charge is 0.216 e. The van der Waals surface area contributed by atoms with Crippen LogP contribution in [0.3, 0.4) is 0 Å². The van der Waals surface area contributed by atoms with Gasteiger partial charge in [0.25, 0.3) is 0 Å². The van der Waals surface area contributed by atoms with Crippen LogP contribution in [0.25, 0.3) is 0 Å². The second-order valence-electron chi connectivity index (χ2n) is 8.22. The summed E-state index contributed by atoms with van der Waals surface area (Å²) in [5.41, 5.74) is 2.80. The number of ether oxygens (including phenoxy) is 1. The molecule has 2 N–H and O–H groups in total. The number of nitrogens with zero attached hydrogens (tertiary/aromatic N) is 2. The van der Waals surface area contributed by atoms with Crippen LogP contribution in [0.15, 0.2) is 72.9 Å². The van der Waals surface area contributed by atoms with Gasteiger partial charge in [-0.2, -0.15) is 0 Å². The second kappa shape index (κ2) is 16.8. The van der Waals surface area contributed by atoms with Crippen molar-refractivity contribution in [3.8, 4) is 5.75 Å². The van der Waals surface area contributed by atoms with Crippen LogP contribution in [0, 0.1) is 12.7 Å². The predicted octanol–water partition coefficient (Wildman–Crippen LogP) is 3.87. The van der Waals surface area contributed by atoms with Crippen LogP contribution >= 0.6 is 0 Å². The molecule has 0 aliphatic heterocycles. The van der Waals surface area contributed by atoms with Crippen LogP contribution in [0.5, 0.6) is 5.75 Å². The summed E-state index contributed by atoms with van der Waals surface area (Å²) in [6.45, 7) is 7.28. The molecule has 192 valence electrons. The zero-order valence-corrected chi connectivity index (χ0v) is 21.0. The highest BCUT2D eigenvalue weighted by molar-refractivity contribution is 5.72. The summed E-state index contributed by atoms with van der Waals surface area (Å²) < 4.78 is 18.5. The third-order valence-electron chi connectivity index (χ3n) is 4.99. The Labute approximate surface area is 212 Å². The first-order valence-corrected chi connectivity index (χ1v) is 11.9. The summed E-state index contributed by atoms with van der Waals surface area (Å²) in [7, 11) is 0. The summed E-state index contributed by atoms with van der Waals surface area (Å²) in [5.74, 6) is 0.249. The number of hydrogen-bond acceptors (Lipinski definition) is 5. The molecule has 0 fully saturated rings. The van der Waals surface area contributed by atoms with Gasteiger partial charge in [-0.1, -0.05) is 36.4 Å². The highest BCUT2D eigenvalue weighted by atomic mass is 19.1. The first kappa shape index (κ1) is 28.5. The lowest BCUT2D eigenvalue weighted by Gasteiger charge is -2.17. The Morgan fingerprint density at radius 3 is 2.50 bits per heavy atom. The van der Waals surface area contributed by atoms with Crippen LogP contribution in [-0.2, 0) is 22.7 Å². The fourth-order valence-electron chi connectivity index (χ4n) is 3.24. The van der Waals surface area contributed by atoms with Gasteiger partial charge in [-0.05, 0) is 55.3 Å². The molecule has 2 aromatic carbocycles. The molecular weight excluding hydrogens is 459 g/mol. The van der Waals surface area contributed by atoms with Crippen molar-refractivity contribution < 1.29 is 18.7 Å². The van der Waals surface area contributed by atoms with Gasteiger partial charge in [0.15, 0.2) is 0 Å². The number of rotatable bonds is 13. The molecule has 0 saturated carbocycles. The predicted molar refractivity (Wildman–Crippen MR) is 139 cm³/mol. The van der Waals surface area contributed by atoms with E-state index in [0.29, 0.717) is 32.0 Å². The fourth-order valence-corrected chi connectivity index (χ4v) is 3.24. The zero-order valence-electron chi connectivity index (χ0n) is 21.0. The molecule has 3 aromatic rings. The van der Waals surface area contributed by atoms with E-state index in [0.717, 1.165) is 42.7 Å². The van der Waals surface area contributed by atoms with E-state index in [-0.39, 0.29) is 11.7 Å². The van der Waals surface area contributed by atoms with E-state index in [1.54, 1.807) is 17.2 Å². The van der Waals surface area contributed by atoms with Crippen molar-refractivity contribution in [2.24, 2.45) is 0 Å². The molecule has 0 atom stereocenters. The number of benzene rings is 2. The van der Waals surface area contributed by atoms with E-state index in [1.165, 1.54) is 19.1 Å². The Bertz CT molecular complexity index is 1020. The van der Waals surface area contributed by atoms with Gasteiger partial charge >= 0.3 is 0 Å². The second-order valence-corrected chi connectivity index (χ2v) is 8.22. The SMILES string of the molecule is CC(=O)NCCCNCCN(C=O)Cc1ccccc1.Cc1cc(F)cc(OCc2ccccn2)c1. The maximum Gasteiger partial charge on any atom is 0.216 e. The lowest BCUT2D eigenvalue weighted by atomic mass is 10.2. The molecule has 0 unspecified atom stereocenters. The van der Waals surface area contributed by atoms with Crippen molar-refractivity contribution in [2.75, 3.05) is 26.2 Å². The Balaban J connectivity index is 0.000000259. The average Bonchev–Trinajstić information content (AvgIpc) is 2.87. The molecule has 0 radical (unpaired) electrons. The van der Waals surface area contributed by atoms with Gasteiger partial charge in [0.1, 0.15) is 18.2 Å². The summed E-state index contributed by atoms with van der Waals surface area (Å²) >= 11 is 0. The van der Waals surface area contributed by atoms with Crippen LogP contribution in [0.4, 0.5) is 4.39 Å². The van der Waals surface area contributed by atoms with Gasteiger partial charge in [-0.25, -0.2) is 4.39 Å². The number of nitrogens with one attached hydrogen (secondary N) is 2. The standard InChI is InChI=1S/C15H23N3O2.C13H12FNO/c1-14(20)17-9-5-8-16-10-11-18(13-19)12-15-6-3-2-4-7-15;1-10-6-11(14)8-13(7-10)16-9-12-4-2-3-5-15-12/h2-4,6-7,13,16H,5,8-12H2,1H3,(H,17,20);2-8H,9H2,1H3. The van der Waals surface area contributed by atoms with Crippen LogP contribution in [-0.4, -0.2) is 48.4 Å². The van der Waals surface area contributed by atoms with Gasteiger partial charge in [0.05, 0.1) is 5.69 Å². The van der Waals surface area contributed by atoms with E-state index in [4.69, 9.17) is 4.74 Å². The highest BCUT2D eigenvalue weighted by Gasteiger charge is 2.02. The number of pyridine rings is 1. The minimum absolute atomic E-state index is 0.00000821. The molecule has 36 heavy (non-hydrogen) atoms. The maximum atomic E-state index is 13.1. The van der Waals surface area contributed by atoms with Gasteiger partial charge in [0.2, 0.25) is 12.3 Å². The lowest BCUT2D eigenvalue weighted by molar-refractivity contribution is -0.119. The van der Waals surface area contributed by atoms with Crippen molar-refractivity contribution in [2.45, 2.75) is 33.4 Å². The van der Waals surface area contributed by atoms with E-state index < -0.39 is 0 Å². The number of carbonyl (C=O) groups excluding carboxylic acids is 2. The number of hydrogen-bond donors (Lipinski definition) is 2. The zero-order chi connectivity index (χ0) is 26.0.